The van der Waals surface area contributed by atoms with Gasteiger partial charge >= 0.3 is 11.8 Å². The van der Waals surface area contributed by atoms with E-state index >= 15 is 0 Å². The van der Waals surface area contributed by atoms with Gasteiger partial charge in [0.1, 0.15) is 0 Å². The lowest BCUT2D eigenvalue weighted by molar-refractivity contribution is -0.136. The molecule has 2 amide bonds. The van der Waals surface area contributed by atoms with Gasteiger partial charge in [0, 0.05) is 32.7 Å². The fourth-order valence-corrected chi connectivity index (χ4v) is 3.97. The number of halogens is 2. The highest BCUT2D eigenvalue weighted by Gasteiger charge is 2.15. The van der Waals surface area contributed by atoms with Crippen molar-refractivity contribution in [3.63, 3.8) is 0 Å². The second-order valence-corrected chi connectivity index (χ2v) is 8.09. The summed E-state index contributed by atoms with van der Waals surface area (Å²) in [4.78, 5) is 24.1. The zero-order valence-corrected chi connectivity index (χ0v) is 19.1. The molecule has 2 aromatic carbocycles. The van der Waals surface area contributed by atoms with Crippen LogP contribution in [0.5, 0.6) is 0 Å². The molecule has 0 saturated heterocycles. The van der Waals surface area contributed by atoms with E-state index in [2.05, 4.69) is 46.4 Å². The lowest BCUT2D eigenvalue weighted by atomic mass is 10.1. The minimum Gasteiger partial charge on any atom is -0.318 e. The van der Waals surface area contributed by atoms with Crippen LogP contribution in [-0.2, 0) is 9.59 Å². The Balaban J connectivity index is 1.73. The minimum atomic E-state index is -0.907. The lowest BCUT2D eigenvalue weighted by Gasteiger charge is -2.15. The summed E-state index contributed by atoms with van der Waals surface area (Å²) < 4.78 is 2.16. The Morgan fingerprint density at radius 3 is 2.16 bits per heavy atom. The van der Waals surface area contributed by atoms with E-state index in [4.69, 9.17) is 23.2 Å². The summed E-state index contributed by atoms with van der Waals surface area (Å²) >= 11 is 11.8. The Kier molecular flexibility index (Phi) is 6.83. The van der Waals surface area contributed by atoms with Gasteiger partial charge in [0.05, 0.1) is 11.9 Å². The molecule has 6 nitrogen and oxygen atoms in total. The SMILES string of the molecule is Cc1cccc(C)c1-n1c(C)cc(/C=N\NC(=O)C(=O)Nc2cc(Cl)cc(Cl)c2)c1C. The van der Waals surface area contributed by atoms with Crippen LogP contribution in [0.2, 0.25) is 10.0 Å². The number of aromatic nitrogens is 1. The third-order valence-corrected chi connectivity index (χ3v) is 5.27. The number of para-hydroxylation sites is 1. The molecule has 0 bridgehead atoms. The van der Waals surface area contributed by atoms with E-state index in [0.717, 1.165) is 33.8 Å². The van der Waals surface area contributed by atoms with Crippen molar-refractivity contribution in [2.24, 2.45) is 5.10 Å². The fourth-order valence-electron chi connectivity index (χ4n) is 3.45. The molecule has 0 fully saturated rings. The first kappa shape index (κ1) is 22.6. The van der Waals surface area contributed by atoms with Gasteiger partial charge in [0.15, 0.2) is 0 Å². The number of benzene rings is 2. The predicted octanol–water partition coefficient (Wildman–Crippen LogP) is 5.11. The molecule has 31 heavy (non-hydrogen) atoms. The molecule has 3 rings (SSSR count). The summed E-state index contributed by atoms with van der Waals surface area (Å²) in [6.07, 6.45) is 1.52. The summed E-state index contributed by atoms with van der Waals surface area (Å²) in [6, 6.07) is 12.7. The molecule has 3 aromatic rings. The highest BCUT2D eigenvalue weighted by molar-refractivity contribution is 6.40. The first-order chi connectivity index (χ1) is 14.7. The van der Waals surface area contributed by atoms with E-state index in [1.807, 2.05) is 26.0 Å². The van der Waals surface area contributed by atoms with Crippen LogP contribution < -0.4 is 10.7 Å². The number of anilines is 1. The molecule has 0 unspecified atom stereocenters. The Bertz CT molecular complexity index is 1160. The smallest absolute Gasteiger partial charge is 0.318 e. The average Bonchev–Trinajstić information content (AvgIpc) is 2.95. The van der Waals surface area contributed by atoms with Gasteiger partial charge in [-0.15, -0.1) is 0 Å². The van der Waals surface area contributed by atoms with Crippen LogP contribution in [0.15, 0.2) is 47.6 Å². The van der Waals surface area contributed by atoms with Crippen LogP contribution in [0, 0.1) is 27.7 Å². The van der Waals surface area contributed by atoms with Gasteiger partial charge in [0.25, 0.3) is 0 Å². The monoisotopic (exact) mass is 456 g/mol. The maximum Gasteiger partial charge on any atom is 0.329 e. The number of carbonyl (C=O) groups is 2. The number of nitrogens with one attached hydrogen (secondary N) is 2. The number of hydrogen-bond acceptors (Lipinski definition) is 3. The molecule has 0 saturated carbocycles. The van der Waals surface area contributed by atoms with Gasteiger partial charge in [-0.3, -0.25) is 9.59 Å². The average molecular weight is 457 g/mol. The Hall–Kier alpha value is -3.09. The normalized spacial score (nSPS) is 11.0. The van der Waals surface area contributed by atoms with Gasteiger partial charge in [0.2, 0.25) is 0 Å². The summed E-state index contributed by atoms with van der Waals surface area (Å²) in [7, 11) is 0. The number of nitrogens with zero attached hydrogens (tertiary/aromatic N) is 2. The van der Waals surface area contributed by atoms with E-state index in [1.54, 1.807) is 0 Å². The van der Waals surface area contributed by atoms with Gasteiger partial charge in [-0.2, -0.15) is 5.10 Å². The second-order valence-electron chi connectivity index (χ2n) is 7.21. The van der Waals surface area contributed by atoms with Crippen molar-refractivity contribution < 1.29 is 9.59 Å². The van der Waals surface area contributed by atoms with Crippen molar-refractivity contribution >= 4 is 46.9 Å². The highest BCUT2D eigenvalue weighted by atomic mass is 35.5. The third-order valence-electron chi connectivity index (χ3n) is 4.83. The van der Waals surface area contributed by atoms with Crippen LogP contribution >= 0.6 is 23.2 Å². The molecule has 0 aliphatic heterocycles. The van der Waals surface area contributed by atoms with Crippen molar-refractivity contribution in [1.29, 1.82) is 0 Å². The molecule has 8 heteroatoms. The van der Waals surface area contributed by atoms with E-state index in [9.17, 15) is 9.59 Å². The first-order valence-corrected chi connectivity index (χ1v) is 10.3. The lowest BCUT2D eigenvalue weighted by Crippen LogP contribution is -2.32. The van der Waals surface area contributed by atoms with Crippen LogP contribution in [0.4, 0.5) is 5.69 Å². The van der Waals surface area contributed by atoms with Crippen LogP contribution in [-0.4, -0.2) is 22.6 Å². The molecule has 0 atom stereocenters. The number of amides is 2. The summed E-state index contributed by atoms with van der Waals surface area (Å²) in [5.74, 6) is -1.78. The predicted molar refractivity (Wildman–Crippen MR) is 126 cm³/mol. The van der Waals surface area contributed by atoms with Crippen molar-refractivity contribution in [3.8, 4) is 5.69 Å². The number of hydrazone groups is 1. The first-order valence-electron chi connectivity index (χ1n) is 9.53. The van der Waals surface area contributed by atoms with E-state index in [-0.39, 0.29) is 0 Å². The summed E-state index contributed by atoms with van der Waals surface area (Å²) in [5, 5.41) is 7.07. The molecule has 2 N–H and O–H groups in total. The maximum absolute atomic E-state index is 12.1. The summed E-state index contributed by atoms with van der Waals surface area (Å²) in [6.45, 7) is 8.14. The van der Waals surface area contributed by atoms with Crippen LogP contribution in [0.25, 0.3) is 5.69 Å². The molecular weight excluding hydrogens is 435 g/mol. The zero-order chi connectivity index (χ0) is 22.7. The van der Waals surface area contributed by atoms with Gasteiger partial charge in [-0.25, -0.2) is 5.43 Å². The maximum atomic E-state index is 12.1. The number of carbonyl (C=O) groups excluding carboxylic acids is 2. The number of aryl methyl sites for hydroxylation is 3. The molecule has 0 spiro atoms. The fraction of sp³-hybridized carbons (Fsp3) is 0.174. The standard InChI is InChI=1S/C23H22Cl2N4O2/c1-13-6-5-7-14(2)21(13)29-15(3)8-17(16(29)4)12-26-28-23(31)22(30)27-20-10-18(24)9-19(25)11-20/h5-12H,1-4H3,(H,27,30)(H,28,31)/b26-12-. The second kappa shape index (κ2) is 9.37. The minimum absolute atomic E-state index is 0.318. The zero-order valence-electron chi connectivity index (χ0n) is 17.6. The van der Waals surface area contributed by atoms with E-state index in [1.165, 1.54) is 24.4 Å². The van der Waals surface area contributed by atoms with Crippen LogP contribution in [0.3, 0.4) is 0 Å². The van der Waals surface area contributed by atoms with Gasteiger partial charge < -0.3 is 9.88 Å². The number of rotatable bonds is 4. The summed E-state index contributed by atoms with van der Waals surface area (Å²) in [5.41, 5.74) is 8.87. The molecule has 160 valence electrons. The topological polar surface area (TPSA) is 75.5 Å². The van der Waals surface area contributed by atoms with Crippen molar-refractivity contribution in [2.75, 3.05) is 5.32 Å². The molecule has 1 aromatic heterocycles. The molecule has 0 radical (unpaired) electrons. The molecule has 1 heterocycles. The molecule has 0 aliphatic carbocycles. The van der Waals surface area contributed by atoms with Crippen molar-refractivity contribution in [1.82, 2.24) is 9.99 Å². The Morgan fingerprint density at radius 1 is 0.935 bits per heavy atom. The third kappa shape index (κ3) is 5.16. The Labute approximate surface area is 190 Å². The van der Waals surface area contributed by atoms with Crippen molar-refractivity contribution in [2.45, 2.75) is 27.7 Å². The Morgan fingerprint density at radius 2 is 1.55 bits per heavy atom. The van der Waals surface area contributed by atoms with Crippen LogP contribution in [0.1, 0.15) is 28.1 Å². The van der Waals surface area contributed by atoms with E-state index < -0.39 is 11.8 Å². The van der Waals surface area contributed by atoms with E-state index in [0.29, 0.717) is 15.7 Å². The highest BCUT2D eigenvalue weighted by Crippen LogP contribution is 2.25. The molecular formula is C23H22Cl2N4O2. The number of hydrogen-bond donors (Lipinski definition) is 2. The van der Waals surface area contributed by atoms with Gasteiger partial charge in [-0.05, 0) is 63.1 Å². The van der Waals surface area contributed by atoms with Gasteiger partial charge in [-0.1, -0.05) is 41.4 Å². The van der Waals surface area contributed by atoms with Crippen molar-refractivity contribution in [3.05, 3.63) is 80.6 Å². The molecule has 0 aliphatic rings. The quantitative estimate of drug-likeness (QED) is 0.325. The largest absolute Gasteiger partial charge is 0.329 e.